The fourth-order valence-electron chi connectivity index (χ4n) is 2.20. The highest BCUT2D eigenvalue weighted by atomic mass is 19.1. The SMILES string of the molecule is Cc1cccc(NC(=O)c2cc(Nc3ccc(F)cc3F)ncn2)c1. The summed E-state index contributed by atoms with van der Waals surface area (Å²) in [5.41, 5.74) is 1.81. The largest absolute Gasteiger partial charge is 0.338 e. The number of hydrogen-bond acceptors (Lipinski definition) is 4. The number of amides is 1. The van der Waals surface area contributed by atoms with Crippen LogP contribution in [-0.4, -0.2) is 15.9 Å². The lowest BCUT2D eigenvalue weighted by molar-refractivity contribution is 0.102. The number of hydrogen-bond donors (Lipinski definition) is 2. The van der Waals surface area contributed by atoms with Gasteiger partial charge in [0.15, 0.2) is 0 Å². The average Bonchev–Trinajstić information content (AvgIpc) is 2.58. The third-order valence-corrected chi connectivity index (χ3v) is 3.37. The summed E-state index contributed by atoms with van der Waals surface area (Å²) in [6.45, 7) is 1.92. The molecule has 0 aliphatic heterocycles. The lowest BCUT2D eigenvalue weighted by Crippen LogP contribution is -2.14. The monoisotopic (exact) mass is 340 g/mol. The van der Waals surface area contributed by atoms with Gasteiger partial charge in [-0.15, -0.1) is 0 Å². The summed E-state index contributed by atoms with van der Waals surface area (Å²) < 4.78 is 26.6. The van der Waals surface area contributed by atoms with Gasteiger partial charge in [-0.1, -0.05) is 12.1 Å². The molecule has 126 valence electrons. The number of anilines is 3. The van der Waals surface area contributed by atoms with E-state index in [2.05, 4.69) is 20.6 Å². The maximum Gasteiger partial charge on any atom is 0.274 e. The van der Waals surface area contributed by atoms with Crippen molar-refractivity contribution in [2.24, 2.45) is 0 Å². The molecule has 1 aromatic heterocycles. The van der Waals surface area contributed by atoms with Crippen LogP contribution in [0.5, 0.6) is 0 Å². The Labute approximate surface area is 142 Å². The number of aryl methyl sites for hydroxylation is 1. The van der Waals surface area contributed by atoms with E-state index in [1.54, 1.807) is 6.07 Å². The Kier molecular flexibility index (Phi) is 4.65. The highest BCUT2D eigenvalue weighted by molar-refractivity contribution is 6.03. The third-order valence-electron chi connectivity index (χ3n) is 3.37. The summed E-state index contributed by atoms with van der Waals surface area (Å²) in [5, 5.41) is 5.42. The van der Waals surface area contributed by atoms with Crippen molar-refractivity contribution in [1.82, 2.24) is 9.97 Å². The number of nitrogens with one attached hydrogen (secondary N) is 2. The van der Waals surface area contributed by atoms with Crippen LogP contribution in [-0.2, 0) is 0 Å². The van der Waals surface area contributed by atoms with Crippen LogP contribution in [0, 0.1) is 18.6 Å². The van der Waals surface area contributed by atoms with Crippen LogP contribution in [0.3, 0.4) is 0 Å². The van der Waals surface area contributed by atoms with Gasteiger partial charge >= 0.3 is 0 Å². The van der Waals surface area contributed by atoms with Crippen LogP contribution < -0.4 is 10.6 Å². The summed E-state index contributed by atoms with van der Waals surface area (Å²) in [6, 6.07) is 11.8. The van der Waals surface area contributed by atoms with E-state index in [1.165, 1.54) is 18.5 Å². The van der Waals surface area contributed by atoms with E-state index in [9.17, 15) is 13.6 Å². The van der Waals surface area contributed by atoms with Gasteiger partial charge in [-0.05, 0) is 36.8 Å². The molecule has 0 saturated carbocycles. The Bertz CT molecular complexity index is 930. The molecule has 0 atom stereocenters. The lowest BCUT2D eigenvalue weighted by Gasteiger charge is -2.09. The van der Waals surface area contributed by atoms with Crippen molar-refractivity contribution in [2.75, 3.05) is 10.6 Å². The minimum absolute atomic E-state index is 0.0464. The Morgan fingerprint density at radius 1 is 1.04 bits per heavy atom. The summed E-state index contributed by atoms with van der Waals surface area (Å²) in [7, 11) is 0. The van der Waals surface area contributed by atoms with Crippen molar-refractivity contribution in [2.45, 2.75) is 6.92 Å². The van der Waals surface area contributed by atoms with E-state index in [1.807, 2.05) is 25.1 Å². The van der Waals surface area contributed by atoms with Crippen molar-refractivity contribution in [3.05, 3.63) is 77.8 Å². The number of aromatic nitrogens is 2. The van der Waals surface area contributed by atoms with Gasteiger partial charge in [-0.3, -0.25) is 4.79 Å². The molecule has 7 heteroatoms. The van der Waals surface area contributed by atoms with E-state index < -0.39 is 17.5 Å². The van der Waals surface area contributed by atoms with E-state index in [4.69, 9.17) is 0 Å². The number of nitrogens with zero attached hydrogens (tertiary/aromatic N) is 2. The molecule has 2 N–H and O–H groups in total. The zero-order valence-electron chi connectivity index (χ0n) is 13.3. The molecule has 25 heavy (non-hydrogen) atoms. The van der Waals surface area contributed by atoms with Crippen LogP contribution in [0.25, 0.3) is 0 Å². The Balaban J connectivity index is 1.77. The smallest absolute Gasteiger partial charge is 0.274 e. The van der Waals surface area contributed by atoms with E-state index >= 15 is 0 Å². The Hall–Kier alpha value is -3.35. The second-order valence-electron chi connectivity index (χ2n) is 5.36. The molecule has 0 saturated heterocycles. The predicted octanol–water partition coefficient (Wildman–Crippen LogP) is 4.06. The van der Waals surface area contributed by atoms with E-state index in [0.29, 0.717) is 5.69 Å². The number of carbonyl (C=O) groups excluding carboxylic acids is 1. The summed E-state index contributed by atoms with van der Waals surface area (Å²) >= 11 is 0. The molecule has 0 aliphatic rings. The number of rotatable bonds is 4. The molecule has 0 radical (unpaired) electrons. The van der Waals surface area contributed by atoms with Gasteiger partial charge in [-0.2, -0.15) is 0 Å². The van der Waals surface area contributed by atoms with E-state index in [0.717, 1.165) is 17.7 Å². The zero-order valence-corrected chi connectivity index (χ0v) is 13.3. The Morgan fingerprint density at radius 3 is 2.64 bits per heavy atom. The highest BCUT2D eigenvalue weighted by Gasteiger charge is 2.11. The summed E-state index contributed by atoms with van der Waals surface area (Å²) in [5.74, 6) is -1.64. The fraction of sp³-hybridized carbons (Fsp3) is 0.0556. The highest BCUT2D eigenvalue weighted by Crippen LogP contribution is 2.20. The fourth-order valence-corrected chi connectivity index (χ4v) is 2.20. The first kappa shape index (κ1) is 16.5. The topological polar surface area (TPSA) is 66.9 Å². The van der Waals surface area contributed by atoms with Crippen molar-refractivity contribution < 1.29 is 13.6 Å². The number of benzene rings is 2. The van der Waals surface area contributed by atoms with Gasteiger partial charge in [-0.25, -0.2) is 18.7 Å². The van der Waals surface area contributed by atoms with Gasteiger partial charge in [0.2, 0.25) is 0 Å². The van der Waals surface area contributed by atoms with Gasteiger partial charge in [0.05, 0.1) is 5.69 Å². The van der Waals surface area contributed by atoms with E-state index in [-0.39, 0.29) is 17.2 Å². The lowest BCUT2D eigenvalue weighted by atomic mass is 10.2. The molecule has 3 rings (SSSR count). The summed E-state index contributed by atoms with van der Waals surface area (Å²) in [6.07, 6.45) is 1.19. The maximum absolute atomic E-state index is 13.7. The molecule has 0 unspecified atom stereocenters. The molecule has 0 spiro atoms. The van der Waals surface area contributed by atoms with Crippen molar-refractivity contribution in [3.63, 3.8) is 0 Å². The molecule has 0 fully saturated rings. The van der Waals surface area contributed by atoms with Gasteiger partial charge < -0.3 is 10.6 Å². The minimum atomic E-state index is -0.760. The first-order chi connectivity index (χ1) is 12.0. The number of halogens is 2. The van der Waals surface area contributed by atoms with Crippen LogP contribution in [0.15, 0.2) is 54.9 Å². The molecule has 0 aliphatic carbocycles. The van der Waals surface area contributed by atoms with Crippen LogP contribution >= 0.6 is 0 Å². The first-order valence-corrected chi connectivity index (χ1v) is 7.43. The second kappa shape index (κ2) is 7.04. The zero-order chi connectivity index (χ0) is 17.8. The van der Waals surface area contributed by atoms with Gasteiger partial charge in [0.25, 0.3) is 5.91 Å². The Morgan fingerprint density at radius 2 is 1.88 bits per heavy atom. The van der Waals surface area contributed by atoms with Crippen LogP contribution in [0.2, 0.25) is 0 Å². The van der Waals surface area contributed by atoms with Crippen molar-refractivity contribution >= 4 is 23.1 Å². The first-order valence-electron chi connectivity index (χ1n) is 7.43. The predicted molar refractivity (Wildman–Crippen MR) is 90.8 cm³/mol. The molecule has 1 heterocycles. The molecule has 3 aromatic rings. The molecule has 1 amide bonds. The minimum Gasteiger partial charge on any atom is -0.338 e. The molecular weight excluding hydrogens is 326 g/mol. The average molecular weight is 340 g/mol. The molecule has 2 aromatic carbocycles. The van der Waals surface area contributed by atoms with Crippen LogP contribution in [0.4, 0.5) is 26.0 Å². The van der Waals surface area contributed by atoms with Crippen LogP contribution in [0.1, 0.15) is 16.1 Å². The molecular formula is C18H14F2N4O. The quantitative estimate of drug-likeness (QED) is 0.752. The third kappa shape index (κ3) is 4.14. The van der Waals surface area contributed by atoms with Crippen molar-refractivity contribution in [3.8, 4) is 0 Å². The summed E-state index contributed by atoms with van der Waals surface area (Å²) in [4.78, 5) is 20.1. The van der Waals surface area contributed by atoms with Crippen molar-refractivity contribution in [1.29, 1.82) is 0 Å². The number of carbonyl (C=O) groups is 1. The second-order valence-corrected chi connectivity index (χ2v) is 5.36. The normalized spacial score (nSPS) is 10.4. The maximum atomic E-state index is 13.7. The van der Waals surface area contributed by atoms with Gasteiger partial charge in [0, 0.05) is 17.8 Å². The molecule has 0 bridgehead atoms. The molecule has 5 nitrogen and oxygen atoms in total. The van der Waals surface area contributed by atoms with Gasteiger partial charge in [0.1, 0.15) is 29.5 Å². The standard InChI is InChI=1S/C18H14F2N4O/c1-11-3-2-4-13(7-11)23-18(25)16-9-17(22-10-21-16)24-15-6-5-12(19)8-14(15)20/h2-10H,1H3,(H,23,25)(H,21,22,24).